The zero-order valence-electron chi connectivity index (χ0n) is 9.11. The van der Waals surface area contributed by atoms with E-state index in [-0.39, 0.29) is 44.1 Å². The molecule has 1 aliphatic heterocycles. The van der Waals surface area contributed by atoms with Crippen molar-refractivity contribution in [1.29, 1.82) is 0 Å². The van der Waals surface area contributed by atoms with Crippen LogP contribution in [0, 0.1) is 5.92 Å². The maximum absolute atomic E-state index is 12.4. The summed E-state index contributed by atoms with van der Waals surface area (Å²) >= 11 is 0. The maximum Gasteiger partial charge on any atom is 0.393 e. The zero-order valence-corrected chi connectivity index (χ0v) is 10.7. The van der Waals surface area contributed by atoms with Gasteiger partial charge in [-0.2, -0.15) is 13.2 Å². The van der Waals surface area contributed by atoms with Gasteiger partial charge in [-0.25, -0.2) is 12.7 Å². The van der Waals surface area contributed by atoms with Crippen LogP contribution in [0.5, 0.6) is 0 Å². The molecule has 9 heteroatoms. The molecule has 0 aromatic rings. The predicted molar refractivity (Wildman–Crippen MR) is 60.4 cm³/mol. The Morgan fingerprint density at radius 1 is 1.35 bits per heavy atom. The molecular weight excluding hydrogens is 281 g/mol. The molecule has 0 aromatic carbocycles. The second-order valence-corrected chi connectivity index (χ2v) is 5.93. The lowest BCUT2D eigenvalue weighted by Gasteiger charge is -2.32. The van der Waals surface area contributed by atoms with E-state index in [4.69, 9.17) is 5.73 Å². The van der Waals surface area contributed by atoms with Gasteiger partial charge in [0, 0.05) is 19.6 Å². The maximum atomic E-state index is 12.4. The first kappa shape index (κ1) is 16.9. The van der Waals surface area contributed by atoms with Gasteiger partial charge in [0.25, 0.3) is 0 Å². The number of nitrogens with two attached hydrogens (primary N) is 1. The topological polar surface area (TPSA) is 63.4 Å². The number of piperidine rings is 1. The highest BCUT2D eigenvalue weighted by molar-refractivity contribution is 7.89. The molecular formula is C8H16ClF3N2O2S. The molecule has 1 rings (SSSR count). The third kappa shape index (κ3) is 4.61. The van der Waals surface area contributed by atoms with Crippen molar-refractivity contribution in [2.75, 3.05) is 25.4 Å². The van der Waals surface area contributed by atoms with Gasteiger partial charge in [0.05, 0.1) is 11.7 Å². The molecule has 0 radical (unpaired) electrons. The molecule has 17 heavy (non-hydrogen) atoms. The van der Waals surface area contributed by atoms with Gasteiger partial charge in [-0.3, -0.25) is 0 Å². The molecule has 2 N–H and O–H groups in total. The lowest BCUT2D eigenvalue weighted by atomic mass is 9.99. The highest BCUT2D eigenvalue weighted by atomic mass is 35.5. The molecule has 1 atom stereocenters. The average molecular weight is 297 g/mol. The molecule has 1 unspecified atom stereocenters. The molecule has 1 fully saturated rings. The fourth-order valence-corrected chi connectivity index (χ4v) is 3.11. The summed E-state index contributed by atoms with van der Waals surface area (Å²) in [6.07, 6.45) is -4.08. The van der Waals surface area contributed by atoms with Gasteiger partial charge < -0.3 is 5.73 Å². The molecule has 4 nitrogen and oxygen atoms in total. The Kier molecular flexibility index (Phi) is 6.20. The molecule has 1 aliphatic rings. The van der Waals surface area contributed by atoms with Gasteiger partial charge in [0.15, 0.2) is 0 Å². The smallest absolute Gasteiger partial charge is 0.329 e. The van der Waals surface area contributed by atoms with Gasteiger partial charge in [-0.05, 0) is 12.8 Å². The largest absolute Gasteiger partial charge is 0.393 e. The summed E-state index contributed by atoms with van der Waals surface area (Å²) in [5.41, 5.74) is 5.11. The van der Waals surface area contributed by atoms with Gasteiger partial charge >= 0.3 is 6.18 Å². The molecule has 0 amide bonds. The van der Waals surface area contributed by atoms with Crippen LogP contribution in [-0.2, 0) is 10.0 Å². The summed E-state index contributed by atoms with van der Waals surface area (Å²) in [7, 11) is -3.62. The third-order valence-electron chi connectivity index (χ3n) is 2.62. The van der Waals surface area contributed by atoms with Crippen molar-refractivity contribution in [3.8, 4) is 0 Å². The van der Waals surface area contributed by atoms with Crippen molar-refractivity contribution in [3.63, 3.8) is 0 Å². The summed E-state index contributed by atoms with van der Waals surface area (Å²) in [6, 6.07) is 0. The Labute approximate surface area is 105 Å². The van der Waals surface area contributed by atoms with Crippen molar-refractivity contribution < 1.29 is 21.6 Å². The first-order valence-corrected chi connectivity index (χ1v) is 6.63. The lowest BCUT2D eigenvalue weighted by molar-refractivity contribution is -0.182. The van der Waals surface area contributed by atoms with Crippen LogP contribution in [0.4, 0.5) is 13.2 Å². The van der Waals surface area contributed by atoms with E-state index in [0.717, 1.165) is 4.31 Å². The normalized spacial score (nSPS) is 23.2. The van der Waals surface area contributed by atoms with Crippen LogP contribution in [0.15, 0.2) is 0 Å². The number of rotatable bonds is 3. The van der Waals surface area contributed by atoms with Crippen LogP contribution < -0.4 is 5.73 Å². The second-order valence-electron chi connectivity index (χ2n) is 3.84. The fourth-order valence-electron chi connectivity index (χ4n) is 1.74. The van der Waals surface area contributed by atoms with Crippen LogP contribution in [0.3, 0.4) is 0 Å². The van der Waals surface area contributed by atoms with Crippen LogP contribution >= 0.6 is 12.4 Å². The van der Waals surface area contributed by atoms with E-state index in [1.54, 1.807) is 0 Å². The first-order chi connectivity index (χ1) is 7.27. The first-order valence-electron chi connectivity index (χ1n) is 5.02. The third-order valence-corrected chi connectivity index (χ3v) is 4.49. The molecule has 0 aromatic heterocycles. The number of alkyl halides is 3. The predicted octanol–water partition coefficient (Wildman–Crippen LogP) is 0.971. The molecule has 104 valence electrons. The van der Waals surface area contributed by atoms with E-state index in [1.807, 2.05) is 0 Å². The average Bonchev–Trinajstić information content (AvgIpc) is 2.16. The highest BCUT2D eigenvalue weighted by Crippen LogP contribution is 2.33. The zero-order chi connectivity index (χ0) is 12.4. The number of hydrogen-bond acceptors (Lipinski definition) is 3. The summed E-state index contributed by atoms with van der Waals surface area (Å²) in [6.45, 7) is -0.379. The highest BCUT2D eigenvalue weighted by Gasteiger charge is 2.43. The van der Waals surface area contributed by atoms with E-state index in [2.05, 4.69) is 0 Å². The quantitative estimate of drug-likeness (QED) is 0.844. The Morgan fingerprint density at radius 2 is 1.94 bits per heavy atom. The summed E-state index contributed by atoms with van der Waals surface area (Å²) in [5.74, 6) is -1.84. The molecule has 1 saturated heterocycles. The summed E-state index contributed by atoms with van der Waals surface area (Å²) in [5, 5.41) is 0. The Morgan fingerprint density at radius 3 is 2.41 bits per heavy atom. The number of halogens is 4. The molecule has 0 aliphatic carbocycles. The number of sulfonamides is 1. The van der Waals surface area contributed by atoms with E-state index >= 15 is 0 Å². The Balaban J connectivity index is 0.00000256. The van der Waals surface area contributed by atoms with Gasteiger partial charge in [0.1, 0.15) is 0 Å². The molecule has 0 saturated carbocycles. The summed E-state index contributed by atoms with van der Waals surface area (Å²) < 4.78 is 61.3. The van der Waals surface area contributed by atoms with Gasteiger partial charge in [0.2, 0.25) is 10.0 Å². The van der Waals surface area contributed by atoms with Crippen LogP contribution in [0.2, 0.25) is 0 Å². The van der Waals surface area contributed by atoms with Gasteiger partial charge in [-0.1, -0.05) is 0 Å². The van der Waals surface area contributed by atoms with E-state index in [9.17, 15) is 21.6 Å². The molecule has 0 bridgehead atoms. The lowest BCUT2D eigenvalue weighted by Crippen LogP contribution is -2.46. The monoisotopic (exact) mass is 296 g/mol. The SMILES string of the molecule is Cl.NCCS(=O)(=O)N1CCCC(C(F)(F)F)C1. The summed E-state index contributed by atoms with van der Waals surface area (Å²) in [4.78, 5) is 0. The fraction of sp³-hybridized carbons (Fsp3) is 1.00. The van der Waals surface area contributed by atoms with Crippen LogP contribution in [-0.4, -0.2) is 44.3 Å². The molecule has 0 spiro atoms. The van der Waals surface area contributed by atoms with E-state index < -0.39 is 28.7 Å². The van der Waals surface area contributed by atoms with Gasteiger partial charge in [-0.15, -0.1) is 12.4 Å². The minimum Gasteiger partial charge on any atom is -0.329 e. The van der Waals surface area contributed by atoms with E-state index in [0.29, 0.717) is 0 Å². The van der Waals surface area contributed by atoms with Crippen LogP contribution in [0.25, 0.3) is 0 Å². The minimum atomic E-state index is -4.32. The standard InChI is InChI=1S/C8H15F3N2O2S.ClH/c9-8(10,11)7-2-1-4-13(6-7)16(14,15)5-3-12;/h7H,1-6,12H2;1H. The van der Waals surface area contributed by atoms with Crippen molar-refractivity contribution in [2.24, 2.45) is 11.7 Å². The second kappa shape index (κ2) is 6.21. The Bertz CT molecular complexity index is 334. The van der Waals surface area contributed by atoms with Crippen molar-refractivity contribution in [3.05, 3.63) is 0 Å². The number of nitrogens with zero attached hydrogens (tertiary/aromatic N) is 1. The van der Waals surface area contributed by atoms with E-state index in [1.165, 1.54) is 0 Å². The van der Waals surface area contributed by atoms with Crippen molar-refractivity contribution >= 4 is 22.4 Å². The number of hydrogen-bond donors (Lipinski definition) is 1. The Hall–Kier alpha value is -0.0500. The minimum absolute atomic E-state index is 0. The van der Waals surface area contributed by atoms with Crippen molar-refractivity contribution in [2.45, 2.75) is 19.0 Å². The molecule has 1 heterocycles. The van der Waals surface area contributed by atoms with Crippen LogP contribution in [0.1, 0.15) is 12.8 Å². The van der Waals surface area contributed by atoms with Crippen molar-refractivity contribution in [1.82, 2.24) is 4.31 Å².